The summed E-state index contributed by atoms with van der Waals surface area (Å²) in [6, 6.07) is 0.499. The van der Waals surface area contributed by atoms with Crippen molar-refractivity contribution in [1.29, 1.82) is 0 Å². The lowest BCUT2D eigenvalue weighted by atomic mass is 9.82. The molecule has 0 aromatic carbocycles. The van der Waals surface area contributed by atoms with E-state index in [1.165, 1.54) is 38.5 Å². The van der Waals surface area contributed by atoms with Crippen LogP contribution in [-0.2, 0) is 9.47 Å². The summed E-state index contributed by atoms with van der Waals surface area (Å²) in [4.78, 5) is 0. The molecule has 0 heterocycles. The van der Waals surface area contributed by atoms with Crippen LogP contribution in [0.15, 0.2) is 0 Å². The van der Waals surface area contributed by atoms with Crippen LogP contribution in [0, 0.1) is 5.92 Å². The molecule has 2 aliphatic carbocycles. The maximum Gasteiger partial charge on any atom is 0.0987 e. The van der Waals surface area contributed by atoms with Crippen LogP contribution in [0.3, 0.4) is 0 Å². The number of methoxy groups -OCH3 is 1. The van der Waals surface area contributed by atoms with Crippen molar-refractivity contribution < 1.29 is 9.47 Å². The normalized spacial score (nSPS) is 39.0. The maximum atomic E-state index is 6.38. The molecule has 0 aliphatic heterocycles. The molecule has 19 heavy (non-hydrogen) atoms. The van der Waals surface area contributed by atoms with E-state index in [1.807, 2.05) is 7.11 Å². The van der Waals surface area contributed by atoms with Crippen LogP contribution in [0.5, 0.6) is 0 Å². The van der Waals surface area contributed by atoms with Gasteiger partial charge in [0.15, 0.2) is 0 Å². The summed E-state index contributed by atoms with van der Waals surface area (Å²) >= 11 is 0. The highest BCUT2D eigenvalue weighted by molar-refractivity contribution is 4.98. The molecule has 2 aliphatic rings. The Bertz CT molecular complexity index is 259. The summed E-state index contributed by atoms with van der Waals surface area (Å²) in [6.45, 7) is 5.58. The van der Waals surface area contributed by atoms with Crippen molar-refractivity contribution in [3.05, 3.63) is 0 Å². The number of nitrogens with one attached hydrogen (secondary N) is 1. The Hall–Kier alpha value is -0.120. The van der Waals surface area contributed by atoms with Crippen molar-refractivity contribution in [2.45, 2.75) is 83.1 Å². The molecular formula is C16H31NO2. The second kappa shape index (κ2) is 7.61. The number of ether oxygens (including phenoxy) is 2. The van der Waals surface area contributed by atoms with Crippen molar-refractivity contribution in [3.63, 3.8) is 0 Å². The lowest BCUT2D eigenvalue weighted by molar-refractivity contribution is -0.173. The summed E-state index contributed by atoms with van der Waals surface area (Å²) < 4.78 is 12.0. The zero-order valence-electron chi connectivity index (χ0n) is 12.9. The summed E-state index contributed by atoms with van der Waals surface area (Å²) in [6.07, 6.45) is 9.93. The molecule has 5 unspecified atom stereocenters. The van der Waals surface area contributed by atoms with Gasteiger partial charge in [0.1, 0.15) is 0 Å². The van der Waals surface area contributed by atoms with Crippen LogP contribution in [0.4, 0.5) is 0 Å². The first-order valence-corrected chi connectivity index (χ1v) is 8.21. The van der Waals surface area contributed by atoms with Crippen LogP contribution in [-0.4, -0.2) is 38.0 Å². The molecule has 2 saturated carbocycles. The highest BCUT2D eigenvalue weighted by Crippen LogP contribution is 2.35. The maximum absolute atomic E-state index is 6.38. The lowest BCUT2D eigenvalue weighted by Crippen LogP contribution is -2.61. The van der Waals surface area contributed by atoms with E-state index in [9.17, 15) is 0 Å². The minimum atomic E-state index is 0.256. The predicted molar refractivity (Wildman–Crippen MR) is 78.4 cm³/mol. The average molecular weight is 269 g/mol. The van der Waals surface area contributed by atoms with E-state index in [0.29, 0.717) is 18.2 Å². The van der Waals surface area contributed by atoms with Crippen molar-refractivity contribution >= 4 is 0 Å². The van der Waals surface area contributed by atoms with Crippen LogP contribution >= 0.6 is 0 Å². The quantitative estimate of drug-likeness (QED) is 0.770. The predicted octanol–water partition coefficient (Wildman–Crippen LogP) is 3.13. The summed E-state index contributed by atoms with van der Waals surface area (Å²) in [5.41, 5.74) is 0. The molecule has 0 aromatic rings. The fourth-order valence-corrected chi connectivity index (χ4v) is 3.60. The van der Waals surface area contributed by atoms with E-state index in [-0.39, 0.29) is 6.10 Å². The van der Waals surface area contributed by atoms with E-state index in [2.05, 4.69) is 19.2 Å². The first kappa shape index (κ1) is 15.3. The molecular weight excluding hydrogens is 238 g/mol. The monoisotopic (exact) mass is 269 g/mol. The molecule has 2 rings (SSSR count). The van der Waals surface area contributed by atoms with E-state index in [4.69, 9.17) is 9.47 Å². The van der Waals surface area contributed by atoms with Crippen LogP contribution < -0.4 is 5.32 Å². The minimum absolute atomic E-state index is 0.256. The van der Waals surface area contributed by atoms with E-state index < -0.39 is 0 Å². The summed E-state index contributed by atoms with van der Waals surface area (Å²) in [5.74, 6) is 0.772. The third-order valence-corrected chi connectivity index (χ3v) is 4.89. The van der Waals surface area contributed by atoms with Gasteiger partial charge in [0.2, 0.25) is 0 Å². The minimum Gasteiger partial charge on any atom is -0.377 e. The number of rotatable bonds is 7. The first-order chi connectivity index (χ1) is 9.30. The van der Waals surface area contributed by atoms with Crippen LogP contribution in [0.25, 0.3) is 0 Å². The molecule has 0 spiro atoms. The number of hydrogen-bond donors (Lipinski definition) is 1. The molecule has 2 fully saturated rings. The van der Waals surface area contributed by atoms with Gasteiger partial charge < -0.3 is 14.8 Å². The topological polar surface area (TPSA) is 30.5 Å². The smallest absolute Gasteiger partial charge is 0.0987 e. The third-order valence-electron chi connectivity index (χ3n) is 4.89. The Balaban J connectivity index is 1.79. The van der Waals surface area contributed by atoms with Gasteiger partial charge in [-0.25, -0.2) is 0 Å². The van der Waals surface area contributed by atoms with Gasteiger partial charge in [-0.2, -0.15) is 0 Å². The molecule has 3 nitrogen and oxygen atoms in total. The molecule has 3 heteroatoms. The standard InChI is InChI=1S/C16H31NO2/c1-4-10-17-13-11-15(16(13)18-3)19-14-9-7-6-8-12(14)5-2/h12-17H,4-11H2,1-3H3. The fourth-order valence-electron chi connectivity index (χ4n) is 3.60. The first-order valence-electron chi connectivity index (χ1n) is 8.21. The molecule has 0 radical (unpaired) electrons. The van der Waals surface area contributed by atoms with Gasteiger partial charge in [0.05, 0.1) is 18.3 Å². The molecule has 0 bridgehead atoms. The Morgan fingerprint density at radius 3 is 2.58 bits per heavy atom. The average Bonchev–Trinajstić information content (AvgIpc) is 2.42. The highest BCUT2D eigenvalue weighted by atomic mass is 16.5. The highest BCUT2D eigenvalue weighted by Gasteiger charge is 2.43. The molecule has 5 atom stereocenters. The zero-order chi connectivity index (χ0) is 13.7. The molecule has 0 saturated heterocycles. The Morgan fingerprint density at radius 2 is 1.89 bits per heavy atom. The van der Waals surface area contributed by atoms with Crippen molar-refractivity contribution in [3.8, 4) is 0 Å². The molecule has 1 N–H and O–H groups in total. The largest absolute Gasteiger partial charge is 0.377 e. The van der Waals surface area contributed by atoms with Gasteiger partial charge in [-0.1, -0.05) is 33.1 Å². The number of hydrogen-bond acceptors (Lipinski definition) is 3. The second-order valence-electron chi connectivity index (χ2n) is 6.16. The van der Waals surface area contributed by atoms with E-state index in [0.717, 1.165) is 18.9 Å². The Kier molecular flexibility index (Phi) is 6.11. The SMILES string of the molecule is CCCNC1CC(OC2CCCCC2CC)C1OC. The molecule has 0 amide bonds. The van der Waals surface area contributed by atoms with Gasteiger partial charge in [-0.05, 0) is 38.1 Å². The van der Waals surface area contributed by atoms with E-state index in [1.54, 1.807) is 0 Å². The summed E-state index contributed by atoms with van der Waals surface area (Å²) in [7, 11) is 1.82. The van der Waals surface area contributed by atoms with E-state index >= 15 is 0 Å². The van der Waals surface area contributed by atoms with Gasteiger partial charge in [-0.15, -0.1) is 0 Å². The Labute approximate surface area is 118 Å². The van der Waals surface area contributed by atoms with Crippen molar-refractivity contribution in [1.82, 2.24) is 5.32 Å². The van der Waals surface area contributed by atoms with Crippen LogP contribution in [0.1, 0.15) is 58.8 Å². The second-order valence-corrected chi connectivity index (χ2v) is 6.16. The lowest BCUT2D eigenvalue weighted by Gasteiger charge is -2.46. The van der Waals surface area contributed by atoms with Gasteiger partial charge in [0.25, 0.3) is 0 Å². The van der Waals surface area contributed by atoms with Gasteiger partial charge in [-0.3, -0.25) is 0 Å². The van der Waals surface area contributed by atoms with Gasteiger partial charge in [0, 0.05) is 13.2 Å². The molecule has 0 aromatic heterocycles. The fraction of sp³-hybridized carbons (Fsp3) is 1.00. The van der Waals surface area contributed by atoms with Crippen LogP contribution in [0.2, 0.25) is 0 Å². The third kappa shape index (κ3) is 3.71. The zero-order valence-corrected chi connectivity index (χ0v) is 12.9. The summed E-state index contributed by atoms with van der Waals surface area (Å²) in [5, 5.41) is 3.56. The van der Waals surface area contributed by atoms with Gasteiger partial charge >= 0.3 is 0 Å². The van der Waals surface area contributed by atoms with Crippen molar-refractivity contribution in [2.24, 2.45) is 5.92 Å². The van der Waals surface area contributed by atoms with Crippen molar-refractivity contribution in [2.75, 3.05) is 13.7 Å². The molecule has 112 valence electrons. The Morgan fingerprint density at radius 1 is 1.11 bits per heavy atom.